The summed E-state index contributed by atoms with van der Waals surface area (Å²) < 4.78 is 24.2. The Morgan fingerprint density at radius 3 is 2.18 bits per heavy atom. The fourth-order valence-electron chi connectivity index (χ4n) is 4.43. The highest BCUT2D eigenvalue weighted by atomic mass is 19.1. The quantitative estimate of drug-likeness (QED) is 0.552. The number of ether oxygens (including phenoxy) is 2. The smallest absolute Gasteiger partial charge is 0.266 e. The SMILES string of the molecule is COc1ccc([C@H]2[C@@H]3C(=O)N(c4ccc(F)cc4)C(=O)[C@@H]3ON2c2ccccc2)cc1OC. The van der Waals surface area contributed by atoms with Gasteiger partial charge < -0.3 is 9.47 Å². The normalized spacial score (nSPS) is 22.0. The fourth-order valence-corrected chi connectivity index (χ4v) is 4.43. The summed E-state index contributed by atoms with van der Waals surface area (Å²) in [6, 6.07) is 19.3. The van der Waals surface area contributed by atoms with E-state index in [1.807, 2.05) is 36.4 Å². The van der Waals surface area contributed by atoms with E-state index in [1.165, 1.54) is 31.4 Å². The van der Waals surface area contributed by atoms with Gasteiger partial charge in [-0.1, -0.05) is 24.3 Å². The van der Waals surface area contributed by atoms with Crippen LogP contribution in [-0.4, -0.2) is 32.1 Å². The van der Waals surface area contributed by atoms with Crippen LogP contribution in [0.15, 0.2) is 72.8 Å². The predicted molar refractivity (Wildman–Crippen MR) is 118 cm³/mol. The molecule has 0 bridgehead atoms. The minimum Gasteiger partial charge on any atom is -0.493 e. The zero-order valence-corrected chi connectivity index (χ0v) is 18.0. The lowest BCUT2D eigenvalue weighted by Gasteiger charge is -2.29. The molecule has 2 aliphatic heterocycles. The average molecular weight is 448 g/mol. The molecule has 2 fully saturated rings. The van der Waals surface area contributed by atoms with Crippen molar-refractivity contribution in [3.05, 3.63) is 84.2 Å². The molecule has 3 aromatic carbocycles. The summed E-state index contributed by atoms with van der Waals surface area (Å²) in [5, 5.41) is 1.61. The van der Waals surface area contributed by atoms with Gasteiger partial charge in [0.1, 0.15) is 11.7 Å². The van der Waals surface area contributed by atoms with E-state index in [1.54, 1.807) is 24.3 Å². The van der Waals surface area contributed by atoms with Crippen molar-refractivity contribution in [2.24, 2.45) is 5.92 Å². The second-order valence-electron chi connectivity index (χ2n) is 7.76. The Bertz CT molecular complexity index is 1200. The van der Waals surface area contributed by atoms with Crippen LogP contribution >= 0.6 is 0 Å². The van der Waals surface area contributed by atoms with Crippen LogP contribution in [0.25, 0.3) is 0 Å². The van der Waals surface area contributed by atoms with Gasteiger partial charge in [0.15, 0.2) is 17.6 Å². The molecule has 168 valence electrons. The number of nitrogens with zero attached hydrogens (tertiary/aromatic N) is 2. The van der Waals surface area contributed by atoms with E-state index in [0.29, 0.717) is 22.9 Å². The first kappa shape index (κ1) is 21.0. The van der Waals surface area contributed by atoms with Crippen LogP contribution in [0.3, 0.4) is 0 Å². The van der Waals surface area contributed by atoms with Crippen molar-refractivity contribution in [1.29, 1.82) is 0 Å². The molecule has 5 rings (SSSR count). The number of methoxy groups -OCH3 is 2. The summed E-state index contributed by atoms with van der Waals surface area (Å²) in [6.45, 7) is 0. The lowest BCUT2D eigenvalue weighted by molar-refractivity contribution is -0.126. The number of anilines is 2. The highest BCUT2D eigenvalue weighted by Crippen LogP contribution is 2.48. The monoisotopic (exact) mass is 448 g/mol. The van der Waals surface area contributed by atoms with Crippen molar-refractivity contribution < 1.29 is 28.3 Å². The molecule has 2 heterocycles. The van der Waals surface area contributed by atoms with Gasteiger partial charge in [-0.2, -0.15) is 0 Å². The van der Waals surface area contributed by atoms with Crippen LogP contribution in [0, 0.1) is 11.7 Å². The summed E-state index contributed by atoms with van der Waals surface area (Å²) in [5.41, 5.74) is 1.74. The van der Waals surface area contributed by atoms with Crippen LogP contribution in [0.2, 0.25) is 0 Å². The van der Waals surface area contributed by atoms with Gasteiger partial charge in [-0.15, -0.1) is 0 Å². The van der Waals surface area contributed by atoms with Crippen LogP contribution in [0.4, 0.5) is 15.8 Å². The van der Waals surface area contributed by atoms with E-state index < -0.39 is 35.7 Å². The minimum absolute atomic E-state index is 0.307. The highest BCUT2D eigenvalue weighted by molar-refractivity contribution is 6.23. The van der Waals surface area contributed by atoms with Crippen molar-refractivity contribution in [3.63, 3.8) is 0 Å². The third-order valence-corrected chi connectivity index (χ3v) is 5.96. The van der Waals surface area contributed by atoms with Crippen LogP contribution in [0.5, 0.6) is 11.5 Å². The number of hydroxylamine groups is 1. The molecule has 33 heavy (non-hydrogen) atoms. The molecule has 2 amide bonds. The number of fused-ring (bicyclic) bond motifs is 1. The summed E-state index contributed by atoms with van der Waals surface area (Å²) in [5.74, 6) is -1.10. The molecular weight excluding hydrogens is 427 g/mol. The summed E-state index contributed by atoms with van der Waals surface area (Å²) in [6.07, 6.45) is -1.01. The van der Waals surface area contributed by atoms with Gasteiger partial charge in [0.25, 0.3) is 5.91 Å². The Hall–Kier alpha value is -3.91. The zero-order valence-electron chi connectivity index (χ0n) is 18.0. The second-order valence-corrected chi connectivity index (χ2v) is 7.76. The molecule has 3 atom stereocenters. The van der Waals surface area contributed by atoms with Crippen LogP contribution < -0.4 is 19.4 Å². The van der Waals surface area contributed by atoms with Crippen molar-refractivity contribution in [2.75, 3.05) is 24.2 Å². The maximum Gasteiger partial charge on any atom is 0.266 e. The number of imide groups is 1. The molecule has 0 aromatic heterocycles. The summed E-state index contributed by atoms with van der Waals surface area (Å²) in [7, 11) is 3.08. The number of hydrogen-bond donors (Lipinski definition) is 0. The lowest BCUT2D eigenvalue weighted by Crippen LogP contribution is -2.37. The first-order valence-electron chi connectivity index (χ1n) is 10.4. The van der Waals surface area contributed by atoms with Gasteiger partial charge >= 0.3 is 0 Å². The number of amides is 2. The van der Waals surface area contributed by atoms with Crippen molar-refractivity contribution in [2.45, 2.75) is 12.1 Å². The molecule has 0 aliphatic carbocycles. The maximum atomic E-state index is 13.6. The third kappa shape index (κ3) is 3.39. The lowest BCUT2D eigenvalue weighted by atomic mass is 9.90. The van der Waals surface area contributed by atoms with Gasteiger partial charge in [0.05, 0.1) is 31.6 Å². The number of para-hydroxylation sites is 1. The Balaban J connectivity index is 1.60. The number of halogens is 1. The Kier molecular flexibility index (Phi) is 5.22. The predicted octanol–water partition coefficient (Wildman–Crippen LogP) is 3.89. The molecule has 0 saturated carbocycles. The van der Waals surface area contributed by atoms with Crippen LogP contribution in [-0.2, 0) is 14.4 Å². The van der Waals surface area contributed by atoms with E-state index >= 15 is 0 Å². The van der Waals surface area contributed by atoms with E-state index in [2.05, 4.69) is 0 Å². The van der Waals surface area contributed by atoms with Crippen molar-refractivity contribution in [1.82, 2.24) is 0 Å². The fraction of sp³-hybridized carbons (Fsp3) is 0.200. The van der Waals surface area contributed by atoms with Gasteiger partial charge in [-0.3, -0.25) is 14.4 Å². The number of carbonyl (C=O) groups excluding carboxylic acids is 2. The standard InChI is InChI=1S/C25H21FN2O5/c1-31-19-13-8-15(14-20(19)32-2)22-21-23(33-28(22)18-6-4-3-5-7-18)25(30)27(24(21)29)17-11-9-16(26)10-12-17/h3-14,21-23H,1-2H3/t21-,22-,23+/m0/s1. The van der Waals surface area contributed by atoms with Gasteiger partial charge in [0, 0.05) is 0 Å². The molecule has 8 heteroatoms. The third-order valence-electron chi connectivity index (χ3n) is 5.96. The van der Waals surface area contributed by atoms with E-state index in [9.17, 15) is 14.0 Å². The Morgan fingerprint density at radius 1 is 0.818 bits per heavy atom. The number of benzene rings is 3. The summed E-state index contributed by atoms with van der Waals surface area (Å²) in [4.78, 5) is 34.0. The average Bonchev–Trinajstić information content (AvgIpc) is 3.36. The maximum absolute atomic E-state index is 13.6. The van der Waals surface area contributed by atoms with E-state index in [0.717, 1.165) is 10.5 Å². The van der Waals surface area contributed by atoms with Gasteiger partial charge in [0.2, 0.25) is 5.91 Å². The van der Waals surface area contributed by atoms with E-state index in [-0.39, 0.29) is 0 Å². The summed E-state index contributed by atoms with van der Waals surface area (Å²) >= 11 is 0. The largest absolute Gasteiger partial charge is 0.493 e. The van der Waals surface area contributed by atoms with Crippen LogP contribution in [0.1, 0.15) is 11.6 Å². The minimum atomic E-state index is -1.01. The van der Waals surface area contributed by atoms with Crippen molar-refractivity contribution >= 4 is 23.2 Å². The topological polar surface area (TPSA) is 68.3 Å². The van der Waals surface area contributed by atoms with Gasteiger partial charge in [-0.05, 0) is 54.1 Å². The number of rotatable bonds is 5. The van der Waals surface area contributed by atoms with Gasteiger partial charge in [-0.25, -0.2) is 14.4 Å². The molecule has 3 aromatic rings. The van der Waals surface area contributed by atoms with Crippen molar-refractivity contribution in [3.8, 4) is 11.5 Å². The van der Waals surface area contributed by atoms with E-state index in [4.69, 9.17) is 14.3 Å². The highest BCUT2D eigenvalue weighted by Gasteiger charge is 2.60. The molecule has 7 nitrogen and oxygen atoms in total. The Morgan fingerprint density at radius 2 is 1.52 bits per heavy atom. The first-order chi connectivity index (χ1) is 16.0. The first-order valence-corrected chi connectivity index (χ1v) is 10.4. The molecule has 0 spiro atoms. The Labute approximate surface area is 189 Å². The molecule has 2 aliphatic rings. The zero-order chi connectivity index (χ0) is 23.1. The molecule has 0 N–H and O–H groups in total. The molecule has 0 unspecified atom stereocenters. The number of carbonyl (C=O) groups is 2. The second kappa shape index (κ2) is 8.22. The molecule has 0 radical (unpaired) electrons. The molecular formula is C25H21FN2O5. The molecule has 2 saturated heterocycles. The number of hydrogen-bond acceptors (Lipinski definition) is 6.